The normalized spacial score (nSPS) is 10.2. The predicted molar refractivity (Wildman–Crippen MR) is 104 cm³/mol. The van der Waals surface area contributed by atoms with Gasteiger partial charge in [0.15, 0.2) is 5.78 Å². The number of benzene rings is 1. The first-order chi connectivity index (χ1) is 13.5. The lowest BCUT2D eigenvalue weighted by atomic mass is 10.2. The molecule has 0 saturated heterocycles. The maximum atomic E-state index is 11.8. The first-order valence-electron chi connectivity index (χ1n) is 8.81. The molecule has 148 valence electrons. The molecule has 28 heavy (non-hydrogen) atoms. The van der Waals surface area contributed by atoms with E-state index in [1.165, 1.54) is 35.6 Å². The fourth-order valence-corrected chi connectivity index (χ4v) is 2.93. The summed E-state index contributed by atoms with van der Waals surface area (Å²) in [6, 6.07) is 9.52. The Hall–Kier alpha value is -3.00. The van der Waals surface area contributed by atoms with Crippen molar-refractivity contribution in [2.75, 3.05) is 13.2 Å². The van der Waals surface area contributed by atoms with Crippen molar-refractivity contribution in [2.45, 2.75) is 26.2 Å². The molecule has 0 aliphatic heterocycles. The topological polar surface area (TPSA) is 98.8 Å². The van der Waals surface area contributed by atoms with Crippen LogP contribution in [-0.2, 0) is 14.3 Å². The van der Waals surface area contributed by atoms with Gasteiger partial charge in [0.2, 0.25) is 5.91 Å². The van der Waals surface area contributed by atoms with Gasteiger partial charge >= 0.3 is 11.9 Å². The molecule has 0 atom stereocenters. The number of esters is 2. The standard InChI is InChI=1S/C20H21NO6S/c1-2-26-20(25)14-5-7-15(8-6-14)27-19(24)11-12-21-18(23)10-9-16(22)17-4-3-13-28-17/h3-8,13H,2,9-12H2,1H3,(H,21,23). The maximum Gasteiger partial charge on any atom is 0.338 e. The lowest BCUT2D eigenvalue weighted by Gasteiger charge is -2.07. The molecule has 8 heteroatoms. The summed E-state index contributed by atoms with van der Waals surface area (Å²) in [7, 11) is 0. The van der Waals surface area contributed by atoms with Crippen molar-refractivity contribution in [3.05, 3.63) is 52.2 Å². The molecule has 0 spiro atoms. The van der Waals surface area contributed by atoms with E-state index in [2.05, 4.69) is 5.32 Å². The molecule has 1 N–H and O–H groups in total. The third-order valence-electron chi connectivity index (χ3n) is 3.62. The van der Waals surface area contributed by atoms with Gasteiger partial charge in [0.05, 0.1) is 23.5 Å². The summed E-state index contributed by atoms with van der Waals surface area (Å²) < 4.78 is 10.0. The third kappa shape index (κ3) is 6.96. The first kappa shape index (κ1) is 21.3. The SMILES string of the molecule is CCOC(=O)c1ccc(OC(=O)CCNC(=O)CCC(=O)c2cccs2)cc1. The Morgan fingerprint density at radius 3 is 2.39 bits per heavy atom. The summed E-state index contributed by atoms with van der Waals surface area (Å²) in [5.74, 6) is -1.03. The lowest BCUT2D eigenvalue weighted by molar-refractivity contribution is -0.134. The number of amides is 1. The van der Waals surface area contributed by atoms with Gasteiger partial charge in [-0.3, -0.25) is 14.4 Å². The van der Waals surface area contributed by atoms with E-state index in [-0.39, 0.29) is 44.1 Å². The highest BCUT2D eigenvalue weighted by atomic mass is 32.1. The van der Waals surface area contributed by atoms with Crippen LogP contribution < -0.4 is 10.1 Å². The molecular weight excluding hydrogens is 382 g/mol. The van der Waals surface area contributed by atoms with E-state index in [9.17, 15) is 19.2 Å². The Morgan fingerprint density at radius 1 is 1.00 bits per heavy atom. The fraction of sp³-hybridized carbons (Fsp3) is 0.300. The molecular formula is C20H21NO6S. The van der Waals surface area contributed by atoms with Crippen molar-refractivity contribution in [1.82, 2.24) is 5.32 Å². The van der Waals surface area contributed by atoms with Crippen LogP contribution in [0.1, 0.15) is 46.2 Å². The Balaban J connectivity index is 1.66. The minimum absolute atomic E-state index is 0.00968. The summed E-state index contributed by atoms with van der Waals surface area (Å²) >= 11 is 1.34. The van der Waals surface area contributed by atoms with Crippen molar-refractivity contribution in [1.29, 1.82) is 0 Å². The summed E-state index contributed by atoms with van der Waals surface area (Å²) in [5, 5.41) is 4.40. The minimum Gasteiger partial charge on any atom is -0.462 e. The van der Waals surface area contributed by atoms with Gasteiger partial charge in [0.1, 0.15) is 5.75 Å². The third-order valence-corrected chi connectivity index (χ3v) is 4.53. The summed E-state index contributed by atoms with van der Waals surface area (Å²) in [6.45, 7) is 2.11. The van der Waals surface area contributed by atoms with E-state index in [0.717, 1.165) is 0 Å². The molecule has 0 aliphatic carbocycles. The summed E-state index contributed by atoms with van der Waals surface area (Å²) in [6.07, 6.45) is 0.189. The van der Waals surface area contributed by atoms with Crippen molar-refractivity contribution in [3.8, 4) is 5.75 Å². The quantitative estimate of drug-likeness (QED) is 0.372. The van der Waals surface area contributed by atoms with Gasteiger partial charge in [-0.15, -0.1) is 11.3 Å². The van der Waals surface area contributed by atoms with Crippen molar-refractivity contribution < 1.29 is 28.7 Å². The summed E-state index contributed by atoms with van der Waals surface area (Å²) in [4.78, 5) is 47.6. The first-order valence-corrected chi connectivity index (χ1v) is 9.69. The number of hydrogen-bond acceptors (Lipinski definition) is 7. The molecule has 2 rings (SSSR count). The van der Waals surface area contributed by atoms with Crippen LogP contribution in [0, 0.1) is 0 Å². The number of carbonyl (C=O) groups is 4. The van der Waals surface area contributed by atoms with Gasteiger partial charge in [-0.05, 0) is 42.6 Å². The zero-order chi connectivity index (χ0) is 20.4. The minimum atomic E-state index is -0.515. The Morgan fingerprint density at radius 2 is 1.75 bits per heavy atom. The largest absolute Gasteiger partial charge is 0.462 e. The molecule has 0 radical (unpaired) electrons. The number of ether oxygens (including phenoxy) is 2. The van der Waals surface area contributed by atoms with Crippen LogP contribution in [0.15, 0.2) is 41.8 Å². The van der Waals surface area contributed by atoms with Crippen LogP contribution in [0.5, 0.6) is 5.75 Å². The monoisotopic (exact) mass is 403 g/mol. The Labute approximate surface area is 166 Å². The zero-order valence-electron chi connectivity index (χ0n) is 15.4. The van der Waals surface area contributed by atoms with E-state index in [4.69, 9.17) is 9.47 Å². The predicted octanol–water partition coefficient (Wildman–Crippen LogP) is 3.00. The fourth-order valence-electron chi connectivity index (χ4n) is 2.24. The Bertz CT molecular complexity index is 814. The average molecular weight is 403 g/mol. The van der Waals surface area contributed by atoms with E-state index in [0.29, 0.717) is 16.2 Å². The van der Waals surface area contributed by atoms with Gasteiger partial charge in [0.25, 0.3) is 0 Å². The highest BCUT2D eigenvalue weighted by molar-refractivity contribution is 7.12. The molecule has 2 aromatic rings. The van der Waals surface area contributed by atoms with Crippen LogP contribution in [0.2, 0.25) is 0 Å². The molecule has 0 aliphatic rings. The van der Waals surface area contributed by atoms with Crippen LogP contribution >= 0.6 is 11.3 Å². The molecule has 0 bridgehead atoms. The van der Waals surface area contributed by atoms with Crippen LogP contribution in [-0.4, -0.2) is 36.8 Å². The lowest BCUT2D eigenvalue weighted by Crippen LogP contribution is -2.27. The Kier molecular flexibility index (Phi) is 8.36. The van der Waals surface area contributed by atoms with Crippen molar-refractivity contribution in [2.24, 2.45) is 0 Å². The zero-order valence-corrected chi connectivity index (χ0v) is 16.3. The smallest absolute Gasteiger partial charge is 0.338 e. The summed E-state index contributed by atoms with van der Waals surface area (Å²) in [5.41, 5.74) is 0.367. The number of hydrogen-bond donors (Lipinski definition) is 1. The molecule has 0 unspecified atom stereocenters. The highest BCUT2D eigenvalue weighted by Crippen LogP contribution is 2.14. The second-order valence-corrected chi connectivity index (χ2v) is 6.67. The molecule has 1 heterocycles. The maximum absolute atomic E-state index is 11.8. The molecule has 1 aromatic carbocycles. The van der Waals surface area contributed by atoms with Gasteiger partial charge in [0, 0.05) is 19.4 Å². The van der Waals surface area contributed by atoms with E-state index in [1.54, 1.807) is 19.1 Å². The van der Waals surface area contributed by atoms with Gasteiger partial charge < -0.3 is 14.8 Å². The molecule has 1 amide bonds. The molecule has 0 saturated carbocycles. The van der Waals surface area contributed by atoms with Gasteiger partial charge in [-0.1, -0.05) is 6.07 Å². The van der Waals surface area contributed by atoms with Crippen LogP contribution in [0.4, 0.5) is 0 Å². The van der Waals surface area contributed by atoms with Crippen LogP contribution in [0.25, 0.3) is 0 Å². The number of Topliss-reactive ketones (excluding diaryl/α,β-unsaturated/α-hetero) is 1. The molecule has 7 nitrogen and oxygen atoms in total. The number of carbonyl (C=O) groups excluding carboxylic acids is 4. The highest BCUT2D eigenvalue weighted by Gasteiger charge is 2.11. The molecule has 0 fully saturated rings. The van der Waals surface area contributed by atoms with Crippen molar-refractivity contribution >= 4 is 35.0 Å². The number of thiophene rings is 1. The molecule has 1 aromatic heterocycles. The second-order valence-electron chi connectivity index (χ2n) is 5.72. The second kappa shape index (κ2) is 11.0. The number of ketones is 1. The van der Waals surface area contributed by atoms with Gasteiger partial charge in [-0.2, -0.15) is 0 Å². The average Bonchev–Trinajstić information content (AvgIpc) is 3.22. The number of nitrogens with one attached hydrogen (secondary N) is 1. The van der Waals surface area contributed by atoms with Gasteiger partial charge in [-0.25, -0.2) is 4.79 Å². The van der Waals surface area contributed by atoms with Crippen molar-refractivity contribution in [3.63, 3.8) is 0 Å². The van der Waals surface area contributed by atoms with E-state index < -0.39 is 11.9 Å². The number of rotatable bonds is 10. The van der Waals surface area contributed by atoms with Crippen LogP contribution in [0.3, 0.4) is 0 Å². The van der Waals surface area contributed by atoms with E-state index in [1.807, 2.05) is 5.38 Å². The van der Waals surface area contributed by atoms with E-state index >= 15 is 0 Å².